The topological polar surface area (TPSA) is 152 Å². The molecule has 0 amide bonds. The summed E-state index contributed by atoms with van der Waals surface area (Å²) in [4.78, 5) is 25.5. The van der Waals surface area contributed by atoms with E-state index in [0.717, 1.165) is 32.1 Å². The van der Waals surface area contributed by atoms with E-state index in [4.69, 9.17) is 18.9 Å². The van der Waals surface area contributed by atoms with Gasteiger partial charge in [0.05, 0.1) is 13.2 Å². The maximum absolute atomic E-state index is 12.8. The zero-order valence-corrected chi connectivity index (χ0v) is 41.6. The van der Waals surface area contributed by atoms with Crippen molar-refractivity contribution in [2.45, 2.75) is 301 Å². The van der Waals surface area contributed by atoms with Crippen molar-refractivity contribution in [3.8, 4) is 0 Å². The minimum absolute atomic E-state index is 0.188. The molecule has 0 saturated carbocycles. The van der Waals surface area contributed by atoms with Gasteiger partial charge in [0.15, 0.2) is 12.4 Å². The lowest BCUT2D eigenvalue weighted by atomic mass is 9.99. The van der Waals surface area contributed by atoms with Crippen LogP contribution < -0.4 is 0 Å². The molecule has 0 aromatic rings. The first-order valence-corrected chi connectivity index (χ1v) is 27.3. The predicted octanol–water partition coefficient (Wildman–Crippen LogP) is 13.1. The standard InChI is InChI=1S/C54H102O10/c1-3-5-7-9-11-13-15-17-19-21-22-23-24-25-26-27-29-31-33-35-37-39-41-43-50(57)63-47(46-62-54-53(60)52(59)51(58)48(44-55)64-54)45-61-49(56)42-40-38-36-34-32-30-28-20-18-16-14-12-10-8-6-4-2/h35,37,47-48,51-55,58-60H,3-34,36,38-46H2,1-2H3/b37-35+/t47-,48-,51+,52?,53?,54-/m1/s1. The fraction of sp³-hybridized carbons (Fsp3) is 0.926. The molecule has 1 rings (SSSR count). The molecule has 0 aromatic carbocycles. The second-order valence-electron chi connectivity index (χ2n) is 19.0. The molecule has 2 unspecified atom stereocenters. The van der Waals surface area contributed by atoms with Crippen molar-refractivity contribution in [3.05, 3.63) is 12.2 Å². The van der Waals surface area contributed by atoms with Crippen LogP contribution in [0.3, 0.4) is 0 Å². The van der Waals surface area contributed by atoms with Crippen LogP contribution in [0.1, 0.15) is 264 Å². The molecule has 1 aliphatic heterocycles. The van der Waals surface area contributed by atoms with Crippen molar-refractivity contribution < 1.29 is 49.0 Å². The zero-order valence-electron chi connectivity index (χ0n) is 41.6. The third kappa shape index (κ3) is 35.6. The number of rotatable bonds is 47. The molecule has 0 radical (unpaired) electrons. The number of carbonyl (C=O) groups excluding carboxylic acids is 2. The molecular weight excluding hydrogens is 809 g/mol. The monoisotopic (exact) mass is 911 g/mol. The van der Waals surface area contributed by atoms with Crippen LogP contribution in [-0.2, 0) is 28.5 Å². The molecule has 0 aromatic heterocycles. The van der Waals surface area contributed by atoms with Gasteiger partial charge < -0.3 is 39.4 Å². The van der Waals surface area contributed by atoms with Crippen molar-refractivity contribution in [3.63, 3.8) is 0 Å². The first kappa shape index (κ1) is 60.5. The van der Waals surface area contributed by atoms with Crippen molar-refractivity contribution in [2.24, 2.45) is 0 Å². The molecule has 0 spiro atoms. The Labute approximate surface area is 392 Å². The van der Waals surface area contributed by atoms with E-state index in [1.165, 1.54) is 199 Å². The second kappa shape index (κ2) is 45.2. The Morgan fingerprint density at radius 1 is 0.469 bits per heavy atom. The van der Waals surface area contributed by atoms with Gasteiger partial charge in [-0.3, -0.25) is 9.59 Å². The second-order valence-corrected chi connectivity index (χ2v) is 19.0. The van der Waals surface area contributed by atoms with Crippen LogP contribution in [-0.4, -0.2) is 89.0 Å². The molecular formula is C54H102O10. The van der Waals surface area contributed by atoms with E-state index in [1.54, 1.807) is 0 Å². The SMILES string of the molecule is CCCCCCCCCCCCCCCCCCCC/C=C/CCCC(=O)O[C@H](COC(=O)CCCCCCCCCCCCCCCCCC)CO[C@@H]1O[C@H](CO)[C@H](O)C(O)C1O. The lowest BCUT2D eigenvalue weighted by Gasteiger charge is -2.39. The zero-order chi connectivity index (χ0) is 46.6. The Hall–Kier alpha value is -1.56. The summed E-state index contributed by atoms with van der Waals surface area (Å²) in [5.74, 6) is -0.827. The van der Waals surface area contributed by atoms with Gasteiger partial charge in [-0.25, -0.2) is 0 Å². The number of esters is 2. The summed E-state index contributed by atoms with van der Waals surface area (Å²) in [6.07, 6.45) is 43.8. The molecule has 64 heavy (non-hydrogen) atoms. The van der Waals surface area contributed by atoms with Crippen molar-refractivity contribution in [1.82, 2.24) is 0 Å². The van der Waals surface area contributed by atoms with E-state index < -0.39 is 49.4 Å². The van der Waals surface area contributed by atoms with Gasteiger partial charge in [-0.1, -0.05) is 231 Å². The number of carbonyl (C=O) groups is 2. The lowest BCUT2D eigenvalue weighted by molar-refractivity contribution is -0.305. The highest BCUT2D eigenvalue weighted by molar-refractivity contribution is 5.70. The molecule has 0 aliphatic carbocycles. The predicted molar refractivity (Wildman–Crippen MR) is 261 cm³/mol. The number of hydrogen-bond donors (Lipinski definition) is 4. The van der Waals surface area contributed by atoms with Gasteiger partial charge in [0, 0.05) is 12.8 Å². The van der Waals surface area contributed by atoms with Crippen molar-refractivity contribution >= 4 is 11.9 Å². The van der Waals surface area contributed by atoms with E-state index in [2.05, 4.69) is 26.0 Å². The third-order valence-corrected chi connectivity index (χ3v) is 12.9. The van der Waals surface area contributed by atoms with Gasteiger partial charge in [-0.05, 0) is 32.1 Å². The minimum atomic E-state index is -1.60. The van der Waals surface area contributed by atoms with Crippen LogP contribution in [0.2, 0.25) is 0 Å². The molecule has 6 atom stereocenters. The summed E-state index contributed by atoms with van der Waals surface area (Å²) in [5.41, 5.74) is 0. The van der Waals surface area contributed by atoms with E-state index in [0.29, 0.717) is 6.42 Å². The molecule has 0 bridgehead atoms. The van der Waals surface area contributed by atoms with Crippen molar-refractivity contribution in [1.29, 1.82) is 0 Å². The molecule has 1 fully saturated rings. The van der Waals surface area contributed by atoms with Crippen LogP contribution in [0.4, 0.5) is 0 Å². The van der Waals surface area contributed by atoms with E-state index in [-0.39, 0.29) is 32.0 Å². The molecule has 378 valence electrons. The summed E-state index contributed by atoms with van der Waals surface area (Å²) in [6, 6.07) is 0. The molecule has 1 heterocycles. The van der Waals surface area contributed by atoms with E-state index in [1.807, 2.05) is 0 Å². The quantitative estimate of drug-likeness (QED) is 0.0264. The Balaban J connectivity index is 2.23. The van der Waals surface area contributed by atoms with Gasteiger partial charge in [0.2, 0.25) is 0 Å². The van der Waals surface area contributed by atoms with Crippen LogP contribution in [0.25, 0.3) is 0 Å². The van der Waals surface area contributed by atoms with Gasteiger partial charge in [-0.2, -0.15) is 0 Å². The van der Waals surface area contributed by atoms with Gasteiger partial charge in [-0.15, -0.1) is 0 Å². The average molecular weight is 911 g/mol. The van der Waals surface area contributed by atoms with Gasteiger partial charge in [0.25, 0.3) is 0 Å². The van der Waals surface area contributed by atoms with Crippen LogP contribution in [0.15, 0.2) is 12.2 Å². The smallest absolute Gasteiger partial charge is 0.306 e. The van der Waals surface area contributed by atoms with Gasteiger partial charge >= 0.3 is 11.9 Å². The maximum atomic E-state index is 12.8. The summed E-state index contributed by atoms with van der Waals surface area (Å²) < 4.78 is 22.2. The first-order valence-electron chi connectivity index (χ1n) is 27.3. The number of allylic oxidation sites excluding steroid dienone is 2. The highest BCUT2D eigenvalue weighted by Crippen LogP contribution is 2.23. The van der Waals surface area contributed by atoms with E-state index >= 15 is 0 Å². The molecule has 10 nitrogen and oxygen atoms in total. The van der Waals surface area contributed by atoms with Crippen molar-refractivity contribution in [2.75, 3.05) is 19.8 Å². The summed E-state index contributed by atoms with van der Waals surface area (Å²) in [5, 5.41) is 40.2. The average Bonchev–Trinajstić information content (AvgIpc) is 3.29. The highest BCUT2D eigenvalue weighted by atomic mass is 16.7. The molecule has 4 N–H and O–H groups in total. The van der Waals surface area contributed by atoms with Crippen LogP contribution in [0, 0.1) is 0 Å². The maximum Gasteiger partial charge on any atom is 0.306 e. The Bertz CT molecular complexity index is 1050. The Morgan fingerprint density at radius 3 is 1.27 bits per heavy atom. The fourth-order valence-electron chi connectivity index (χ4n) is 8.61. The van der Waals surface area contributed by atoms with Crippen LogP contribution >= 0.6 is 0 Å². The van der Waals surface area contributed by atoms with E-state index in [9.17, 15) is 30.0 Å². The largest absolute Gasteiger partial charge is 0.462 e. The number of ether oxygens (including phenoxy) is 4. The minimum Gasteiger partial charge on any atom is -0.462 e. The normalized spacial score (nSPS) is 19.4. The number of unbranched alkanes of at least 4 members (excludes halogenated alkanes) is 34. The Morgan fingerprint density at radius 2 is 0.844 bits per heavy atom. The molecule has 10 heteroatoms. The summed E-state index contributed by atoms with van der Waals surface area (Å²) in [7, 11) is 0. The Kier molecular flexibility index (Phi) is 42.7. The number of hydrogen-bond acceptors (Lipinski definition) is 10. The lowest BCUT2D eigenvalue weighted by Crippen LogP contribution is -2.59. The first-order chi connectivity index (χ1) is 31.3. The highest BCUT2D eigenvalue weighted by Gasteiger charge is 2.44. The van der Waals surface area contributed by atoms with Gasteiger partial charge in [0.1, 0.15) is 31.0 Å². The number of aliphatic hydroxyl groups is 4. The van der Waals surface area contributed by atoms with Crippen LogP contribution in [0.5, 0.6) is 0 Å². The molecule has 1 saturated heterocycles. The molecule has 1 aliphatic rings. The number of aliphatic hydroxyl groups excluding tert-OH is 4. The summed E-state index contributed by atoms with van der Waals surface area (Å²) in [6.45, 7) is 3.45. The fourth-order valence-corrected chi connectivity index (χ4v) is 8.61. The summed E-state index contributed by atoms with van der Waals surface area (Å²) >= 11 is 0. The third-order valence-electron chi connectivity index (χ3n) is 12.9.